The van der Waals surface area contributed by atoms with Crippen LogP contribution in [0, 0.1) is 0 Å². The van der Waals surface area contributed by atoms with Crippen LogP contribution in [-0.4, -0.2) is 33.6 Å². The van der Waals surface area contributed by atoms with E-state index in [4.69, 9.17) is 18.9 Å². The summed E-state index contributed by atoms with van der Waals surface area (Å²) in [4.78, 5) is 11.5. The lowest BCUT2D eigenvalue weighted by molar-refractivity contribution is -0.112. The Morgan fingerprint density at radius 1 is 1.04 bits per heavy atom. The minimum Gasteiger partial charge on any atom is -0.467 e. The van der Waals surface area contributed by atoms with Crippen LogP contribution >= 0.6 is 15.9 Å². The fourth-order valence-corrected chi connectivity index (χ4v) is 2.91. The molecule has 0 aliphatic carbocycles. The monoisotopic (exact) mass is 420 g/mol. The highest BCUT2D eigenvalue weighted by atomic mass is 79.9. The molecule has 2 aromatic rings. The van der Waals surface area contributed by atoms with Gasteiger partial charge in [0.15, 0.2) is 19.4 Å². The Balaban J connectivity index is 2.70. The van der Waals surface area contributed by atoms with Crippen LogP contribution in [0.3, 0.4) is 0 Å². The first-order chi connectivity index (χ1) is 12.6. The SMILES string of the molecule is COCOc1cc(OCOC)c(-c2ccccc2)c(/C=C/C(C)=O)c1Br. The lowest BCUT2D eigenvalue weighted by Gasteiger charge is -2.18. The maximum atomic E-state index is 11.5. The number of rotatable bonds is 9. The zero-order valence-electron chi connectivity index (χ0n) is 15.0. The number of benzene rings is 2. The van der Waals surface area contributed by atoms with Crippen LogP contribution < -0.4 is 9.47 Å². The minimum absolute atomic E-state index is 0.0570. The van der Waals surface area contributed by atoms with Gasteiger partial charge in [-0.2, -0.15) is 0 Å². The molecule has 0 aliphatic heterocycles. The second-order valence-corrected chi connectivity index (χ2v) is 6.18. The number of carbonyl (C=O) groups is 1. The first-order valence-electron chi connectivity index (χ1n) is 7.92. The van der Waals surface area contributed by atoms with Gasteiger partial charge in [-0.05, 0) is 40.6 Å². The molecular weight excluding hydrogens is 400 g/mol. The number of hydrogen-bond donors (Lipinski definition) is 0. The highest BCUT2D eigenvalue weighted by Crippen LogP contribution is 2.44. The fourth-order valence-electron chi connectivity index (χ4n) is 2.35. The maximum absolute atomic E-state index is 11.5. The van der Waals surface area contributed by atoms with Crippen LogP contribution in [0.1, 0.15) is 12.5 Å². The van der Waals surface area contributed by atoms with Gasteiger partial charge in [-0.15, -0.1) is 0 Å². The largest absolute Gasteiger partial charge is 0.467 e. The summed E-state index contributed by atoms with van der Waals surface area (Å²) in [6.07, 6.45) is 3.25. The second kappa shape index (κ2) is 10.1. The molecule has 0 unspecified atom stereocenters. The van der Waals surface area contributed by atoms with E-state index >= 15 is 0 Å². The van der Waals surface area contributed by atoms with E-state index in [0.717, 1.165) is 16.7 Å². The standard InChI is InChI=1S/C20H21BrO5/c1-14(22)9-10-16-19(15-7-5-4-6-8-15)17(25-12-23-2)11-18(20(16)21)26-13-24-3/h4-11H,12-13H2,1-3H3/b10-9+. The molecule has 0 aromatic heterocycles. The minimum atomic E-state index is -0.0570. The summed E-state index contributed by atoms with van der Waals surface area (Å²) in [6.45, 7) is 1.67. The Kier molecular flexibility index (Phi) is 7.84. The third kappa shape index (κ3) is 5.17. The highest BCUT2D eigenvalue weighted by Gasteiger charge is 2.19. The summed E-state index contributed by atoms with van der Waals surface area (Å²) in [5.41, 5.74) is 2.55. The van der Waals surface area contributed by atoms with Gasteiger partial charge in [0.05, 0.1) is 4.47 Å². The van der Waals surface area contributed by atoms with E-state index in [1.807, 2.05) is 30.3 Å². The molecule has 0 saturated carbocycles. The van der Waals surface area contributed by atoms with Crippen molar-refractivity contribution in [1.82, 2.24) is 0 Å². The van der Waals surface area contributed by atoms with E-state index in [1.165, 1.54) is 13.0 Å². The molecule has 0 aliphatic rings. The van der Waals surface area contributed by atoms with Crippen LogP contribution in [0.2, 0.25) is 0 Å². The Labute approximate surface area is 161 Å². The zero-order chi connectivity index (χ0) is 18.9. The Morgan fingerprint density at radius 3 is 2.23 bits per heavy atom. The van der Waals surface area contributed by atoms with Gasteiger partial charge >= 0.3 is 0 Å². The van der Waals surface area contributed by atoms with Gasteiger partial charge in [-0.3, -0.25) is 4.79 Å². The number of allylic oxidation sites excluding steroid dienone is 1. The van der Waals surface area contributed by atoms with Crippen LogP contribution in [0.25, 0.3) is 17.2 Å². The lowest BCUT2D eigenvalue weighted by atomic mass is 9.97. The average Bonchev–Trinajstić information content (AvgIpc) is 2.65. The number of methoxy groups -OCH3 is 2. The Morgan fingerprint density at radius 2 is 1.65 bits per heavy atom. The molecular formula is C20H21BrO5. The number of ether oxygens (including phenoxy) is 4. The van der Waals surface area contributed by atoms with E-state index in [0.29, 0.717) is 16.0 Å². The molecule has 0 atom stereocenters. The summed E-state index contributed by atoms with van der Waals surface area (Å²) >= 11 is 3.58. The number of ketones is 1. The molecule has 138 valence electrons. The average molecular weight is 421 g/mol. The molecule has 0 saturated heterocycles. The van der Waals surface area contributed by atoms with Gasteiger partial charge in [0.25, 0.3) is 0 Å². The second-order valence-electron chi connectivity index (χ2n) is 5.39. The van der Waals surface area contributed by atoms with Crippen LogP contribution in [0.15, 0.2) is 46.9 Å². The molecule has 0 spiro atoms. The molecule has 0 amide bonds. The Hall–Kier alpha value is -2.15. The summed E-state index contributed by atoms with van der Waals surface area (Å²) in [7, 11) is 3.10. The van der Waals surface area contributed by atoms with Gasteiger partial charge in [-0.1, -0.05) is 30.3 Å². The van der Waals surface area contributed by atoms with E-state index in [9.17, 15) is 4.79 Å². The van der Waals surface area contributed by atoms with E-state index in [1.54, 1.807) is 26.4 Å². The molecule has 5 nitrogen and oxygen atoms in total. The van der Waals surface area contributed by atoms with Crippen molar-refractivity contribution in [3.8, 4) is 22.6 Å². The molecule has 0 N–H and O–H groups in total. The number of carbonyl (C=O) groups excluding carboxylic acids is 1. The third-order valence-electron chi connectivity index (χ3n) is 3.44. The van der Waals surface area contributed by atoms with Gasteiger partial charge in [0.2, 0.25) is 0 Å². The van der Waals surface area contributed by atoms with Crippen molar-refractivity contribution in [2.75, 3.05) is 27.8 Å². The lowest BCUT2D eigenvalue weighted by Crippen LogP contribution is -2.05. The first kappa shape index (κ1) is 20.2. The quantitative estimate of drug-likeness (QED) is 0.435. The van der Waals surface area contributed by atoms with Crippen LogP contribution in [0.4, 0.5) is 0 Å². The fraction of sp³-hybridized carbons (Fsp3) is 0.250. The molecule has 0 heterocycles. The summed E-state index contributed by atoms with van der Waals surface area (Å²) in [6, 6.07) is 11.5. The van der Waals surface area contributed by atoms with E-state index in [-0.39, 0.29) is 19.4 Å². The van der Waals surface area contributed by atoms with Crippen molar-refractivity contribution in [2.24, 2.45) is 0 Å². The number of hydrogen-bond acceptors (Lipinski definition) is 5. The van der Waals surface area contributed by atoms with Gasteiger partial charge < -0.3 is 18.9 Å². The smallest absolute Gasteiger partial charge is 0.188 e. The molecule has 2 aromatic carbocycles. The number of halogens is 1. The van der Waals surface area contributed by atoms with Crippen molar-refractivity contribution in [2.45, 2.75) is 6.92 Å². The molecule has 6 heteroatoms. The molecule has 0 radical (unpaired) electrons. The molecule has 0 bridgehead atoms. The summed E-state index contributed by atoms with van der Waals surface area (Å²) in [5, 5.41) is 0. The predicted molar refractivity (Wildman–Crippen MR) is 104 cm³/mol. The topological polar surface area (TPSA) is 54.0 Å². The van der Waals surface area contributed by atoms with Gasteiger partial charge in [-0.25, -0.2) is 0 Å². The van der Waals surface area contributed by atoms with Crippen molar-refractivity contribution in [3.63, 3.8) is 0 Å². The van der Waals surface area contributed by atoms with E-state index in [2.05, 4.69) is 15.9 Å². The molecule has 2 rings (SSSR count). The summed E-state index contributed by atoms with van der Waals surface area (Å²) < 4.78 is 22.2. The van der Waals surface area contributed by atoms with E-state index < -0.39 is 0 Å². The molecule has 26 heavy (non-hydrogen) atoms. The van der Waals surface area contributed by atoms with Crippen LogP contribution in [-0.2, 0) is 14.3 Å². The van der Waals surface area contributed by atoms with Gasteiger partial charge in [0.1, 0.15) is 11.5 Å². The van der Waals surface area contributed by atoms with Gasteiger partial charge in [0, 0.05) is 31.4 Å². The highest BCUT2D eigenvalue weighted by molar-refractivity contribution is 9.10. The maximum Gasteiger partial charge on any atom is 0.188 e. The van der Waals surface area contributed by atoms with Crippen LogP contribution in [0.5, 0.6) is 11.5 Å². The normalized spacial score (nSPS) is 10.9. The third-order valence-corrected chi connectivity index (χ3v) is 4.26. The van der Waals surface area contributed by atoms with Crippen molar-refractivity contribution in [1.29, 1.82) is 0 Å². The first-order valence-corrected chi connectivity index (χ1v) is 8.71. The zero-order valence-corrected chi connectivity index (χ0v) is 16.5. The van der Waals surface area contributed by atoms with Crippen molar-refractivity contribution < 1.29 is 23.7 Å². The molecule has 0 fully saturated rings. The van der Waals surface area contributed by atoms with Crippen molar-refractivity contribution >= 4 is 27.8 Å². The Bertz CT molecular complexity index is 772. The van der Waals surface area contributed by atoms with Crippen molar-refractivity contribution in [3.05, 3.63) is 52.5 Å². The summed E-state index contributed by atoms with van der Waals surface area (Å²) in [5.74, 6) is 1.06. The predicted octanol–water partition coefficient (Wildman–Crippen LogP) is 4.68.